The van der Waals surface area contributed by atoms with Gasteiger partial charge in [-0.25, -0.2) is 22.6 Å². The Hall–Kier alpha value is -4.47. The number of halogens is 1. The Morgan fingerprint density at radius 3 is 2.51 bits per heavy atom. The molecule has 2 N–H and O–H groups in total. The molecule has 0 unspecified atom stereocenters. The molecule has 57 heavy (non-hydrogen) atoms. The number of aromatic nitrogens is 1. The van der Waals surface area contributed by atoms with E-state index < -0.39 is 73.5 Å². The summed E-state index contributed by atoms with van der Waals surface area (Å²) in [5.41, 5.74) is -2.00. The van der Waals surface area contributed by atoms with Gasteiger partial charge in [0.1, 0.15) is 29.0 Å². The maximum absolute atomic E-state index is 14.9. The molecule has 5 atom stereocenters. The number of sulfonamides is 1. The quantitative estimate of drug-likeness (QED) is 0.288. The Kier molecular flexibility index (Phi) is 11.9. The number of amides is 3. The van der Waals surface area contributed by atoms with Gasteiger partial charge in [-0.3, -0.25) is 19.1 Å². The number of rotatable bonds is 9. The van der Waals surface area contributed by atoms with E-state index in [1.54, 1.807) is 33.8 Å². The number of methoxy groups -OCH3 is 1. The molecular formula is C41H55FN4O10S. The number of benzene rings is 1. The summed E-state index contributed by atoms with van der Waals surface area (Å²) in [6.07, 6.45) is 5.95. The van der Waals surface area contributed by atoms with Crippen molar-refractivity contribution in [2.75, 3.05) is 13.7 Å². The molecule has 2 aromatic rings. The molecule has 3 fully saturated rings. The van der Waals surface area contributed by atoms with Crippen LogP contribution in [-0.4, -0.2) is 90.3 Å². The monoisotopic (exact) mass is 814 g/mol. The molecule has 2 aliphatic heterocycles. The van der Waals surface area contributed by atoms with Crippen LogP contribution in [0.25, 0.3) is 10.9 Å². The van der Waals surface area contributed by atoms with Crippen molar-refractivity contribution in [1.82, 2.24) is 19.9 Å². The molecular weight excluding hydrogens is 760 g/mol. The zero-order valence-electron chi connectivity index (χ0n) is 33.8. The minimum atomic E-state index is -3.99. The van der Waals surface area contributed by atoms with Crippen molar-refractivity contribution >= 4 is 44.6 Å². The SMILES string of the molecule is COc1c(F)ccc2c(O[C@@H]3C[C@H]4C(=O)C[C@]5(C(=O)NS(=O)(=O)C6(C)CC6)C[C@@H]5/C=C\CCCCC[C@H](NC(=O)OC(C)(C)C)C(=O)N4C3)cc(OC(C)C)nc12. The number of hydrogen-bond donors (Lipinski definition) is 2. The number of alkyl carbamates (subject to hydrolysis) is 1. The molecule has 312 valence electrons. The summed E-state index contributed by atoms with van der Waals surface area (Å²) in [6, 6.07) is 2.17. The van der Waals surface area contributed by atoms with Crippen LogP contribution in [0.5, 0.6) is 17.4 Å². The zero-order chi connectivity index (χ0) is 41.5. The van der Waals surface area contributed by atoms with Gasteiger partial charge in [0.05, 0.1) is 36.0 Å². The molecule has 1 saturated heterocycles. The van der Waals surface area contributed by atoms with E-state index in [4.69, 9.17) is 18.9 Å². The molecule has 0 radical (unpaired) electrons. The predicted octanol–water partition coefficient (Wildman–Crippen LogP) is 5.90. The van der Waals surface area contributed by atoms with Crippen LogP contribution in [-0.2, 0) is 29.1 Å². The van der Waals surface area contributed by atoms with Crippen molar-refractivity contribution in [1.29, 1.82) is 0 Å². The number of hydrogen-bond acceptors (Lipinski definition) is 11. The Morgan fingerprint density at radius 1 is 1.11 bits per heavy atom. The number of carbonyl (C=O) groups is 4. The van der Waals surface area contributed by atoms with Gasteiger partial charge in [-0.1, -0.05) is 25.0 Å². The number of nitrogens with zero attached hydrogens (tertiary/aromatic N) is 2. The third-order valence-electron chi connectivity index (χ3n) is 11.2. The normalized spacial score (nSPS) is 27.0. The maximum atomic E-state index is 14.9. The van der Waals surface area contributed by atoms with Crippen LogP contribution in [0, 0.1) is 17.2 Å². The highest BCUT2D eigenvalue weighted by Crippen LogP contribution is 2.57. The maximum Gasteiger partial charge on any atom is 0.408 e. The van der Waals surface area contributed by atoms with Crippen LogP contribution in [0.2, 0.25) is 0 Å². The van der Waals surface area contributed by atoms with Crippen LogP contribution >= 0.6 is 0 Å². The van der Waals surface area contributed by atoms with Gasteiger partial charge in [0, 0.05) is 24.3 Å². The Labute approximate surface area is 333 Å². The van der Waals surface area contributed by atoms with Crippen molar-refractivity contribution in [3.05, 3.63) is 36.2 Å². The number of ketones is 1. The largest absolute Gasteiger partial charge is 0.491 e. The average molecular weight is 815 g/mol. The van der Waals surface area contributed by atoms with E-state index in [9.17, 15) is 32.0 Å². The van der Waals surface area contributed by atoms with E-state index in [1.165, 1.54) is 24.1 Å². The summed E-state index contributed by atoms with van der Waals surface area (Å²) >= 11 is 0. The lowest BCUT2D eigenvalue weighted by Crippen LogP contribution is -2.53. The third kappa shape index (κ3) is 9.31. The third-order valence-corrected chi connectivity index (χ3v) is 13.4. The molecule has 2 aliphatic carbocycles. The topological polar surface area (TPSA) is 180 Å². The predicted molar refractivity (Wildman–Crippen MR) is 209 cm³/mol. The second-order valence-corrected chi connectivity index (χ2v) is 19.5. The summed E-state index contributed by atoms with van der Waals surface area (Å²) in [5, 5.41) is 3.15. The Morgan fingerprint density at radius 2 is 1.84 bits per heavy atom. The first-order chi connectivity index (χ1) is 26.8. The standard InChI is InChI=1S/C41H55FN4O10S/c1-24(2)54-33-20-32(27-15-16-28(42)35(53-7)34(27)44-33)55-26-19-30-31(47)22-41(37(49)45-57(51,52)40(6)17-18-40)21-25(41)13-11-9-8-10-12-14-29(36(48)46(30)23-26)43-38(50)56-39(3,4)5/h11,13,15-16,20,24-26,29-30H,8-10,12,14,17-19,21-23H2,1-7H3,(H,43,50)(H,45,49)/b13-11-/t25-,26+,29-,30-,41+/m0/s1. The average Bonchev–Trinajstić information content (AvgIpc) is 3.99. The van der Waals surface area contributed by atoms with E-state index in [2.05, 4.69) is 15.0 Å². The molecule has 1 aromatic heterocycles. The molecule has 2 saturated carbocycles. The van der Waals surface area contributed by atoms with Gasteiger partial charge in [0.15, 0.2) is 17.3 Å². The highest BCUT2D eigenvalue weighted by molar-refractivity contribution is 7.91. The highest BCUT2D eigenvalue weighted by atomic mass is 32.2. The summed E-state index contributed by atoms with van der Waals surface area (Å²) < 4.78 is 65.9. The zero-order valence-corrected chi connectivity index (χ0v) is 34.6. The van der Waals surface area contributed by atoms with E-state index in [0.29, 0.717) is 31.1 Å². The Balaban J connectivity index is 1.36. The van der Waals surface area contributed by atoms with Gasteiger partial charge in [-0.2, -0.15) is 0 Å². The van der Waals surface area contributed by atoms with E-state index >= 15 is 0 Å². The number of nitrogens with one attached hydrogen (secondary N) is 2. The highest BCUT2D eigenvalue weighted by Gasteiger charge is 2.62. The number of allylic oxidation sites excluding steroid dienone is 2. The van der Waals surface area contributed by atoms with Gasteiger partial charge in [-0.15, -0.1) is 0 Å². The summed E-state index contributed by atoms with van der Waals surface area (Å²) in [7, 11) is -2.66. The van der Waals surface area contributed by atoms with Gasteiger partial charge in [0.2, 0.25) is 27.7 Å². The first kappa shape index (κ1) is 42.1. The first-order valence-corrected chi connectivity index (χ1v) is 21.3. The van der Waals surface area contributed by atoms with E-state index in [0.717, 1.165) is 12.8 Å². The first-order valence-electron chi connectivity index (χ1n) is 19.8. The molecule has 0 bridgehead atoms. The van der Waals surface area contributed by atoms with Crippen LogP contribution in [0.15, 0.2) is 30.4 Å². The molecule has 3 amide bonds. The van der Waals surface area contributed by atoms with Gasteiger partial charge >= 0.3 is 6.09 Å². The number of ether oxygens (including phenoxy) is 4. The number of fused-ring (bicyclic) bond motifs is 3. The smallest absolute Gasteiger partial charge is 0.408 e. The summed E-state index contributed by atoms with van der Waals surface area (Å²) in [5.74, 6) is -2.39. The molecule has 0 spiro atoms. The van der Waals surface area contributed by atoms with Crippen molar-refractivity contribution in [3.63, 3.8) is 0 Å². The van der Waals surface area contributed by atoms with E-state index in [1.807, 2.05) is 26.0 Å². The van der Waals surface area contributed by atoms with Crippen LogP contribution in [0.1, 0.15) is 106 Å². The fraction of sp³-hybridized carbons (Fsp3) is 0.634. The number of carbonyl (C=O) groups excluding carboxylic acids is 4. The van der Waals surface area contributed by atoms with Crippen molar-refractivity contribution in [2.45, 2.75) is 140 Å². The van der Waals surface area contributed by atoms with E-state index in [-0.39, 0.29) is 67.1 Å². The lowest BCUT2D eigenvalue weighted by atomic mass is 9.91. The number of Topliss-reactive ketones (excluding diaryl/α,β-unsaturated/α-hetero) is 1. The lowest BCUT2D eigenvalue weighted by molar-refractivity contribution is -0.140. The minimum Gasteiger partial charge on any atom is -0.491 e. The number of pyridine rings is 1. The van der Waals surface area contributed by atoms with Gasteiger partial charge in [0.25, 0.3) is 0 Å². The van der Waals surface area contributed by atoms with Crippen molar-refractivity contribution in [2.24, 2.45) is 11.3 Å². The Bertz CT molecular complexity index is 2050. The van der Waals surface area contributed by atoms with Gasteiger partial charge in [-0.05, 0) is 98.1 Å². The van der Waals surface area contributed by atoms with Gasteiger partial charge < -0.3 is 29.2 Å². The lowest BCUT2D eigenvalue weighted by Gasteiger charge is -2.30. The van der Waals surface area contributed by atoms with Crippen molar-refractivity contribution < 1.29 is 50.9 Å². The van der Waals surface area contributed by atoms with Crippen LogP contribution in [0.4, 0.5) is 9.18 Å². The summed E-state index contributed by atoms with van der Waals surface area (Å²) in [4.78, 5) is 62.1. The molecule has 3 heterocycles. The summed E-state index contributed by atoms with van der Waals surface area (Å²) in [6.45, 7) is 10.3. The minimum absolute atomic E-state index is 0.0147. The molecule has 6 rings (SSSR count). The van der Waals surface area contributed by atoms with Crippen LogP contribution < -0.4 is 24.2 Å². The fourth-order valence-corrected chi connectivity index (χ4v) is 9.03. The molecule has 1 aromatic carbocycles. The van der Waals surface area contributed by atoms with Crippen LogP contribution in [0.3, 0.4) is 0 Å². The molecule has 16 heteroatoms. The molecule has 14 nitrogen and oxygen atoms in total. The second kappa shape index (κ2) is 16.1. The molecule has 4 aliphatic rings. The van der Waals surface area contributed by atoms with Crippen molar-refractivity contribution in [3.8, 4) is 17.4 Å². The second-order valence-electron chi connectivity index (χ2n) is 17.3. The fourth-order valence-electron chi connectivity index (χ4n) is 7.70.